The maximum atomic E-state index is 10.6. The van der Waals surface area contributed by atoms with Gasteiger partial charge in [-0.05, 0) is 5.56 Å². The molecule has 0 aliphatic rings. The van der Waals surface area contributed by atoms with Crippen molar-refractivity contribution in [3.8, 4) is 0 Å². The third kappa shape index (κ3) is 2.93. The van der Waals surface area contributed by atoms with Crippen LogP contribution < -0.4 is 5.73 Å². The van der Waals surface area contributed by atoms with Gasteiger partial charge in [0.05, 0.1) is 6.20 Å². The third-order valence-corrected chi connectivity index (χ3v) is 3.97. The van der Waals surface area contributed by atoms with E-state index in [1.165, 1.54) is 0 Å². The molecule has 0 amide bonds. The monoisotopic (exact) mass is 263 g/mol. The minimum atomic E-state index is -0.998. The Morgan fingerprint density at radius 1 is 1.39 bits per heavy atom. The molecule has 1 heterocycles. The van der Waals surface area contributed by atoms with Gasteiger partial charge >= 0.3 is 0 Å². The number of nitrogens with zero attached hydrogens (tertiary/aromatic N) is 2. The van der Waals surface area contributed by atoms with E-state index < -0.39 is 5.60 Å². The standard InChI is InChI=1S/C13H17N3OS/c1-16-8-12(7-15-16)18-10-13(17,9-14)11-5-3-2-4-6-11/h2-8,17H,9-10,14H2,1H3. The van der Waals surface area contributed by atoms with Crippen LogP contribution in [0.2, 0.25) is 0 Å². The summed E-state index contributed by atoms with van der Waals surface area (Å²) in [4.78, 5) is 1.03. The van der Waals surface area contributed by atoms with Crippen LogP contribution in [-0.2, 0) is 12.6 Å². The molecule has 5 heteroatoms. The van der Waals surface area contributed by atoms with Crippen LogP contribution >= 0.6 is 11.8 Å². The van der Waals surface area contributed by atoms with Crippen LogP contribution in [0.5, 0.6) is 0 Å². The quantitative estimate of drug-likeness (QED) is 0.800. The summed E-state index contributed by atoms with van der Waals surface area (Å²) in [5.41, 5.74) is 5.58. The third-order valence-electron chi connectivity index (χ3n) is 2.81. The predicted molar refractivity (Wildman–Crippen MR) is 73.3 cm³/mol. The summed E-state index contributed by atoms with van der Waals surface area (Å²) in [6.07, 6.45) is 3.71. The first-order valence-corrected chi connectivity index (χ1v) is 6.72. The average Bonchev–Trinajstić information content (AvgIpc) is 2.83. The molecule has 0 radical (unpaired) electrons. The van der Waals surface area contributed by atoms with Gasteiger partial charge in [0, 0.05) is 30.4 Å². The minimum absolute atomic E-state index is 0.199. The number of benzene rings is 1. The van der Waals surface area contributed by atoms with Crippen molar-refractivity contribution in [1.82, 2.24) is 9.78 Å². The van der Waals surface area contributed by atoms with Gasteiger partial charge in [-0.25, -0.2) is 0 Å². The Labute approximate surface area is 111 Å². The summed E-state index contributed by atoms with van der Waals surface area (Å²) < 4.78 is 1.74. The molecular weight excluding hydrogens is 246 g/mol. The lowest BCUT2D eigenvalue weighted by molar-refractivity contribution is 0.0721. The Balaban J connectivity index is 2.09. The number of aromatic nitrogens is 2. The summed E-state index contributed by atoms with van der Waals surface area (Å²) in [5, 5.41) is 14.7. The first-order valence-electron chi connectivity index (χ1n) is 5.73. The molecule has 0 aliphatic carbocycles. The molecule has 3 N–H and O–H groups in total. The zero-order valence-corrected chi connectivity index (χ0v) is 11.1. The molecular formula is C13H17N3OS. The average molecular weight is 263 g/mol. The second-order valence-electron chi connectivity index (χ2n) is 4.24. The van der Waals surface area contributed by atoms with E-state index >= 15 is 0 Å². The minimum Gasteiger partial charge on any atom is -0.383 e. The highest BCUT2D eigenvalue weighted by atomic mass is 32.2. The molecule has 1 atom stereocenters. The molecule has 2 rings (SSSR count). The van der Waals surface area contributed by atoms with E-state index in [-0.39, 0.29) is 6.54 Å². The summed E-state index contributed by atoms with van der Waals surface area (Å²) in [5.74, 6) is 0.513. The summed E-state index contributed by atoms with van der Waals surface area (Å²) in [6.45, 7) is 0.199. The molecule has 0 bridgehead atoms. The van der Waals surface area contributed by atoms with Crippen LogP contribution in [0.1, 0.15) is 5.56 Å². The fourth-order valence-corrected chi connectivity index (χ4v) is 2.72. The number of hydrogen-bond acceptors (Lipinski definition) is 4. The van der Waals surface area contributed by atoms with Crippen molar-refractivity contribution >= 4 is 11.8 Å². The molecule has 4 nitrogen and oxygen atoms in total. The second kappa shape index (κ2) is 5.56. The van der Waals surface area contributed by atoms with Crippen LogP contribution in [0.15, 0.2) is 47.6 Å². The topological polar surface area (TPSA) is 64.1 Å². The van der Waals surface area contributed by atoms with Crippen molar-refractivity contribution in [2.24, 2.45) is 12.8 Å². The van der Waals surface area contributed by atoms with Gasteiger partial charge < -0.3 is 10.8 Å². The normalized spacial score (nSPS) is 14.4. The van der Waals surface area contributed by atoms with Gasteiger partial charge in [0.15, 0.2) is 0 Å². The second-order valence-corrected chi connectivity index (χ2v) is 5.29. The molecule has 1 aromatic carbocycles. The molecule has 18 heavy (non-hydrogen) atoms. The zero-order valence-electron chi connectivity index (χ0n) is 10.3. The van der Waals surface area contributed by atoms with Gasteiger partial charge in [-0.3, -0.25) is 4.68 Å². The molecule has 0 saturated heterocycles. The molecule has 96 valence electrons. The smallest absolute Gasteiger partial charge is 0.111 e. The Bertz CT molecular complexity index is 500. The van der Waals surface area contributed by atoms with Crippen LogP contribution in [0.4, 0.5) is 0 Å². The van der Waals surface area contributed by atoms with Crippen molar-refractivity contribution in [1.29, 1.82) is 0 Å². The largest absolute Gasteiger partial charge is 0.383 e. The summed E-state index contributed by atoms with van der Waals surface area (Å²) in [6, 6.07) is 9.54. The Kier molecular flexibility index (Phi) is 4.06. The number of aliphatic hydroxyl groups is 1. The fourth-order valence-electron chi connectivity index (χ4n) is 1.68. The highest BCUT2D eigenvalue weighted by Gasteiger charge is 2.27. The Hall–Kier alpha value is -1.30. The van der Waals surface area contributed by atoms with Gasteiger partial charge in [0.1, 0.15) is 5.60 Å². The SMILES string of the molecule is Cn1cc(SCC(O)(CN)c2ccccc2)cn1. The van der Waals surface area contributed by atoms with E-state index in [1.54, 1.807) is 22.6 Å². The van der Waals surface area contributed by atoms with Crippen LogP contribution in [0, 0.1) is 0 Å². The van der Waals surface area contributed by atoms with Crippen LogP contribution in [0.3, 0.4) is 0 Å². The lowest BCUT2D eigenvalue weighted by Crippen LogP contribution is -2.37. The number of hydrogen-bond donors (Lipinski definition) is 2. The van der Waals surface area contributed by atoms with Crippen molar-refractivity contribution < 1.29 is 5.11 Å². The van der Waals surface area contributed by atoms with E-state index in [2.05, 4.69) is 5.10 Å². The molecule has 2 aromatic rings. The van der Waals surface area contributed by atoms with E-state index in [9.17, 15) is 5.11 Å². The molecule has 0 fully saturated rings. The Morgan fingerprint density at radius 3 is 2.67 bits per heavy atom. The number of rotatable bonds is 5. The van der Waals surface area contributed by atoms with Gasteiger partial charge in [-0.1, -0.05) is 30.3 Å². The Morgan fingerprint density at radius 2 is 2.11 bits per heavy atom. The van der Waals surface area contributed by atoms with Crippen LogP contribution in [0.25, 0.3) is 0 Å². The maximum absolute atomic E-state index is 10.6. The van der Waals surface area contributed by atoms with Gasteiger partial charge in [0.25, 0.3) is 0 Å². The van der Waals surface area contributed by atoms with E-state index in [0.29, 0.717) is 5.75 Å². The molecule has 0 saturated carbocycles. The fraction of sp³-hybridized carbons (Fsp3) is 0.308. The van der Waals surface area contributed by atoms with Crippen molar-refractivity contribution in [2.75, 3.05) is 12.3 Å². The van der Waals surface area contributed by atoms with Crippen LogP contribution in [-0.4, -0.2) is 27.2 Å². The van der Waals surface area contributed by atoms with Crippen molar-refractivity contribution in [2.45, 2.75) is 10.5 Å². The molecule has 0 aliphatic heterocycles. The van der Waals surface area contributed by atoms with Gasteiger partial charge in [-0.2, -0.15) is 5.10 Å². The highest BCUT2D eigenvalue weighted by Crippen LogP contribution is 2.28. The first kappa shape index (κ1) is 13.1. The number of aryl methyl sites for hydroxylation is 1. The first-order chi connectivity index (χ1) is 8.64. The van der Waals surface area contributed by atoms with Gasteiger partial charge in [0.2, 0.25) is 0 Å². The molecule has 1 unspecified atom stereocenters. The lowest BCUT2D eigenvalue weighted by Gasteiger charge is -2.26. The summed E-state index contributed by atoms with van der Waals surface area (Å²) >= 11 is 1.55. The van der Waals surface area contributed by atoms with E-state index in [4.69, 9.17) is 5.73 Å². The zero-order chi connectivity index (χ0) is 13.0. The number of nitrogens with two attached hydrogens (primary N) is 1. The van der Waals surface area contributed by atoms with E-state index in [0.717, 1.165) is 10.5 Å². The maximum Gasteiger partial charge on any atom is 0.111 e. The highest BCUT2D eigenvalue weighted by molar-refractivity contribution is 7.99. The molecule has 1 aromatic heterocycles. The molecule has 0 spiro atoms. The van der Waals surface area contributed by atoms with Crippen molar-refractivity contribution in [3.63, 3.8) is 0 Å². The lowest BCUT2D eigenvalue weighted by atomic mass is 9.96. The summed E-state index contributed by atoms with van der Waals surface area (Å²) in [7, 11) is 1.87. The number of thioether (sulfide) groups is 1. The van der Waals surface area contributed by atoms with Gasteiger partial charge in [-0.15, -0.1) is 11.8 Å². The van der Waals surface area contributed by atoms with Crippen molar-refractivity contribution in [3.05, 3.63) is 48.3 Å². The predicted octanol–water partition coefficient (Wildman–Crippen LogP) is 1.36. The van der Waals surface area contributed by atoms with E-state index in [1.807, 2.05) is 43.6 Å².